The smallest absolute Gasteiger partial charge is 0.264 e. The fourth-order valence-corrected chi connectivity index (χ4v) is 1.87. The van der Waals surface area contributed by atoms with Crippen molar-refractivity contribution in [3.63, 3.8) is 0 Å². The van der Waals surface area contributed by atoms with E-state index in [-0.39, 0.29) is 13.2 Å². The van der Waals surface area contributed by atoms with Crippen LogP contribution in [0.1, 0.15) is 5.56 Å². The van der Waals surface area contributed by atoms with E-state index < -0.39 is 16.2 Å². The van der Waals surface area contributed by atoms with Crippen molar-refractivity contribution in [2.24, 2.45) is 0 Å². The first kappa shape index (κ1) is 12.7. The van der Waals surface area contributed by atoms with Gasteiger partial charge in [0.1, 0.15) is 13.2 Å². The predicted molar refractivity (Wildman–Crippen MR) is 61.9 cm³/mol. The van der Waals surface area contributed by atoms with Crippen LogP contribution in [0.4, 0.5) is 0 Å². The van der Waals surface area contributed by atoms with E-state index in [1.807, 2.05) is 6.07 Å². The van der Waals surface area contributed by atoms with Gasteiger partial charge in [0, 0.05) is 6.07 Å². The van der Waals surface area contributed by atoms with E-state index in [1.54, 1.807) is 18.2 Å². The van der Waals surface area contributed by atoms with Gasteiger partial charge in [0.25, 0.3) is 10.1 Å². The minimum atomic E-state index is -3.50. The van der Waals surface area contributed by atoms with E-state index in [9.17, 15) is 8.42 Å². The number of hydrogen-bond acceptors (Lipinski definition) is 6. The summed E-state index contributed by atoms with van der Waals surface area (Å²) in [5.41, 5.74) is 0.446. The largest absolute Gasteiger partial charge is 0.486 e. The van der Waals surface area contributed by atoms with Crippen LogP contribution in [0.2, 0.25) is 0 Å². The second-order valence-electron chi connectivity index (χ2n) is 3.81. The average Bonchev–Trinajstić information content (AvgIpc) is 2.34. The van der Waals surface area contributed by atoms with Crippen molar-refractivity contribution in [3.05, 3.63) is 23.8 Å². The van der Waals surface area contributed by atoms with Crippen molar-refractivity contribution in [2.75, 3.05) is 19.5 Å². The summed E-state index contributed by atoms with van der Waals surface area (Å²) in [4.78, 5) is 0. The van der Waals surface area contributed by atoms with Gasteiger partial charge in [0.15, 0.2) is 17.6 Å². The molecule has 1 aromatic carbocycles. The molecule has 0 saturated carbocycles. The number of rotatable bonds is 3. The first-order valence-electron chi connectivity index (χ1n) is 5.16. The lowest BCUT2D eigenvalue weighted by atomic mass is 10.2. The molecule has 1 unspecified atom stereocenters. The second kappa shape index (κ2) is 4.84. The molecule has 96 valence electrons. The second-order valence-corrected chi connectivity index (χ2v) is 5.46. The van der Waals surface area contributed by atoms with E-state index in [0.29, 0.717) is 17.1 Å². The maximum Gasteiger partial charge on any atom is 0.264 e. The molecule has 0 bridgehead atoms. The minimum absolute atomic E-state index is 0.116. The summed E-state index contributed by atoms with van der Waals surface area (Å²) in [6, 6.07) is 6.79. The highest BCUT2D eigenvalue weighted by Gasteiger charge is 2.22. The summed E-state index contributed by atoms with van der Waals surface area (Å²) >= 11 is 0. The molecule has 0 fully saturated rings. The zero-order valence-corrected chi connectivity index (χ0v) is 10.4. The Bertz CT molecular complexity index is 590. The third-order valence-corrected chi connectivity index (χ3v) is 2.82. The molecule has 0 radical (unpaired) electrons. The highest BCUT2D eigenvalue weighted by Crippen LogP contribution is 2.32. The molecule has 6 nitrogen and oxygen atoms in total. The molecule has 0 amide bonds. The highest BCUT2D eigenvalue weighted by molar-refractivity contribution is 7.85. The van der Waals surface area contributed by atoms with Crippen molar-refractivity contribution in [1.29, 1.82) is 5.26 Å². The van der Waals surface area contributed by atoms with Crippen molar-refractivity contribution >= 4 is 10.1 Å². The topological polar surface area (TPSA) is 85.6 Å². The zero-order valence-electron chi connectivity index (χ0n) is 9.62. The van der Waals surface area contributed by atoms with Crippen LogP contribution in [0, 0.1) is 11.3 Å². The molecule has 0 N–H and O–H groups in total. The average molecular weight is 269 g/mol. The Morgan fingerprint density at radius 3 is 2.94 bits per heavy atom. The van der Waals surface area contributed by atoms with E-state index in [2.05, 4.69) is 4.18 Å². The molecule has 1 heterocycles. The van der Waals surface area contributed by atoms with Gasteiger partial charge in [-0.25, -0.2) is 0 Å². The fourth-order valence-electron chi connectivity index (χ4n) is 1.47. The standard InChI is InChI=1S/C11H11NO5S/c1-18(13,14)16-7-9-6-15-10-3-2-8(5-12)4-11(10)17-9/h2-4,9H,6-7H2,1H3. The third kappa shape index (κ3) is 3.12. The first-order chi connectivity index (χ1) is 8.48. The third-order valence-electron chi connectivity index (χ3n) is 2.26. The van der Waals surface area contributed by atoms with Gasteiger partial charge >= 0.3 is 0 Å². The zero-order chi connectivity index (χ0) is 13.2. The van der Waals surface area contributed by atoms with Crippen LogP contribution in [0.15, 0.2) is 18.2 Å². The fraction of sp³-hybridized carbons (Fsp3) is 0.364. The molecule has 0 spiro atoms. The van der Waals surface area contributed by atoms with Crippen LogP contribution in [-0.2, 0) is 14.3 Å². The minimum Gasteiger partial charge on any atom is -0.486 e. The van der Waals surface area contributed by atoms with Crippen LogP contribution in [-0.4, -0.2) is 34.0 Å². The van der Waals surface area contributed by atoms with E-state index in [4.69, 9.17) is 14.7 Å². The Balaban J connectivity index is 2.07. The van der Waals surface area contributed by atoms with Crippen LogP contribution >= 0.6 is 0 Å². The summed E-state index contributed by atoms with van der Waals surface area (Å²) in [5.74, 6) is 0.951. The Hall–Kier alpha value is -1.78. The summed E-state index contributed by atoms with van der Waals surface area (Å²) in [5, 5.41) is 8.76. The van der Waals surface area contributed by atoms with Crippen molar-refractivity contribution in [2.45, 2.75) is 6.10 Å². The summed E-state index contributed by atoms with van der Waals surface area (Å²) in [7, 11) is -3.50. The van der Waals surface area contributed by atoms with Crippen LogP contribution < -0.4 is 9.47 Å². The predicted octanol–water partition coefficient (Wildman–Crippen LogP) is 0.674. The Kier molecular flexibility index (Phi) is 3.41. The van der Waals surface area contributed by atoms with Gasteiger partial charge < -0.3 is 9.47 Å². The normalized spacial score (nSPS) is 18.1. The Morgan fingerprint density at radius 2 is 2.28 bits per heavy atom. The molecule has 0 saturated heterocycles. The number of nitrogens with zero attached hydrogens (tertiary/aromatic N) is 1. The summed E-state index contributed by atoms with van der Waals surface area (Å²) < 4.78 is 37.3. The van der Waals surface area contributed by atoms with Crippen molar-refractivity contribution < 1.29 is 22.1 Å². The molecule has 1 atom stereocenters. The molecule has 0 aromatic heterocycles. The van der Waals surface area contributed by atoms with Gasteiger partial charge in [-0.05, 0) is 12.1 Å². The molecule has 1 aliphatic heterocycles. The van der Waals surface area contributed by atoms with E-state index >= 15 is 0 Å². The van der Waals surface area contributed by atoms with Crippen LogP contribution in [0.25, 0.3) is 0 Å². The molecule has 0 aliphatic carbocycles. The lowest BCUT2D eigenvalue weighted by Crippen LogP contribution is -2.34. The monoisotopic (exact) mass is 269 g/mol. The first-order valence-corrected chi connectivity index (χ1v) is 6.97. The number of hydrogen-bond donors (Lipinski definition) is 0. The number of ether oxygens (including phenoxy) is 2. The molecular formula is C11H11NO5S. The van der Waals surface area contributed by atoms with Gasteiger partial charge in [0.2, 0.25) is 0 Å². The van der Waals surface area contributed by atoms with Gasteiger partial charge in [-0.1, -0.05) is 0 Å². The van der Waals surface area contributed by atoms with Gasteiger partial charge in [-0.15, -0.1) is 0 Å². The Labute approximate surface area is 105 Å². The van der Waals surface area contributed by atoms with E-state index in [0.717, 1.165) is 6.26 Å². The van der Waals surface area contributed by atoms with E-state index in [1.165, 1.54) is 0 Å². The molecule has 2 rings (SSSR count). The van der Waals surface area contributed by atoms with Gasteiger partial charge in [-0.2, -0.15) is 13.7 Å². The lowest BCUT2D eigenvalue weighted by Gasteiger charge is -2.26. The van der Waals surface area contributed by atoms with Crippen LogP contribution in [0.3, 0.4) is 0 Å². The van der Waals surface area contributed by atoms with Crippen molar-refractivity contribution in [3.8, 4) is 17.6 Å². The Morgan fingerprint density at radius 1 is 1.50 bits per heavy atom. The maximum absolute atomic E-state index is 10.9. The molecule has 1 aromatic rings. The highest BCUT2D eigenvalue weighted by atomic mass is 32.2. The molecule has 7 heteroatoms. The van der Waals surface area contributed by atoms with Gasteiger partial charge in [-0.3, -0.25) is 4.18 Å². The summed E-state index contributed by atoms with van der Waals surface area (Å²) in [6.45, 7) is 0.0868. The molecule has 1 aliphatic rings. The molecule has 18 heavy (non-hydrogen) atoms. The van der Waals surface area contributed by atoms with Gasteiger partial charge in [0.05, 0.1) is 17.9 Å². The van der Waals surface area contributed by atoms with Crippen LogP contribution in [0.5, 0.6) is 11.5 Å². The number of nitriles is 1. The number of fused-ring (bicyclic) bond motifs is 1. The SMILES string of the molecule is CS(=O)(=O)OCC1COc2ccc(C#N)cc2O1. The molecular weight excluding hydrogens is 258 g/mol. The van der Waals surface area contributed by atoms with Crippen molar-refractivity contribution in [1.82, 2.24) is 0 Å². The summed E-state index contributed by atoms with van der Waals surface area (Å²) in [6.07, 6.45) is 0.458. The maximum atomic E-state index is 10.9. The lowest BCUT2D eigenvalue weighted by molar-refractivity contribution is 0.0558. The number of benzene rings is 1. The quantitative estimate of drug-likeness (QED) is 0.750.